The van der Waals surface area contributed by atoms with Gasteiger partial charge in [-0.1, -0.05) is 28.9 Å². The number of amides is 1. The minimum Gasteiger partial charge on any atom is -0.480 e. The lowest BCUT2D eigenvalue weighted by Gasteiger charge is -2.15. The highest BCUT2D eigenvalue weighted by atomic mass is 16.5. The molecule has 1 aromatic heterocycles. The van der Waals surface area contributed by atoms with Crippen molar-refractivity contribution in [3.8, 4) is 11.3 Å². The molecule has 1 aliphatic rings. The Balaban J connectivity index is 1.94. The lowest BCUT2D eigenvalue weighted by atomic mass is 9.88. The molecule has 0 bridgehead atoms. The Kier molecular flexibility index (Phi) is 3.44. The van der Waals surface area contributed by atoms with Crippen molar-refractivity contribution in [2.75, 3.05) is 0 Å². The van der Waals surface area contributed by atoms with E-state index in [9.17, 15) is 9.59 Å². The van der Waals surface area contributed by atoms with Crippen molar-refractivity contribution in [3.05, 3.63) is 40.6 Å². The second-order valence-electron chi connectivity index (χ2n) is 5.53. The zero-order chi connectivity index (χ0) is 15.9. The minimum absolute atomic E-state index is 0.175. The number of carbonyl (C=O) groups excluding carboxylic acids is 1. The van der Waals surface area contributed by atoms with E-state index in [-0.39, 0.29) is 5.69 Å². The molecule has 22 heavy (non-hydrogen) atoms. The number of carbonyl (C=O) groups is 2. The fourth-order valence-corrected chi connectivity index (χ4v) is 2.67. The Morgan fingerprint density at radius 2 is 2.14 bits per heavy atom. The minimum atomic E-state index is -1.09. The van der Waals surface area contributed by atoms with Crippen LogP contribution in [0.1, 0.15) is 34.1 Å². The SMILES string of the molecule is Cc1ccc2c(c1)CCc1c(C(=O)N[C@@H](C)C(=O)O)noc1-2. The monoisotopic (exact) mass is 300 g/mol. The summed E-state index contributed by atoms with van der Waals surface area (Å²) >= 11 is 0. The van der Waals surface area contributed by atoms with Crippen LogP contribution in [0.15, 0.2) is 22.7 Å². The maximum Gasteiger partial charge on any atom is 0.325 e. The van der Waals surface area contributed by atoms with Crippen LogP contribution in [0.2, 0.25) is 0 Å². The van der Waals surface area contributed by atoms with Crippen LogP contribution < -0.4 is 5.32 Å². The Morgan fingerprint density at radius 3 is 2.86 bits per heavy atom. The molecular weight excluding hydrogens is 284 g/mol. The van der Waals surface area contributed by atoms with E-state index in [0.717, 1.165) is 17.5 Å². The summed E-state index contributed by atoms with van der Waals surface area (Å²) in [5.74, 6) is -1.00. The summed E-state index contributed by atoms with van der Waals surface area (Å²) in [5.41, 5.74) is 4.22. The first kappa shape index (κ1) is 14.3. The van der Waals surface area contributed by atoms with Gasteiger partial charge in [0.05, 0.1) is 0 Å². The predicted octanol–water partition coefficient (Wildman–Crippen LogP) is 1.95. The first-order valence-electron chi connectivity index (χ1n) is 7.09. The topological polar surface area (TPSA) is 92.4 Å². The summed E-state index contributed by atoms with van der Waals surface area (Å²) in [6, 6.07) is 5.09. The molecule has 0 spiro atoms. The van der Waals surface area contributed by atoms with Crippen LogP contribution >= 0.6 is 0 Å². The van der Waals surface area contributed by atoms with Crippen molar-refractivity contribution in [3.63, 3.8) is 0 Å². The maximum absolute atomic E-state index is 12.2. The third-order valence-corrected chi connectivity index (χ3v) is 3.87. The van der Waals surface area contributed by atoms with Gasteiger partial charge in [-0.05, 0) is 32.3 Å². The summed E-state index contributed by atoms with van der Waals surface area (Å²) in [6.07, 6.45) is 1.46. The summed E-state index contributed by atoms with van der Waals surface area (Å²) in [4.78, 5) is 23.0. The number of aryl methyl sites for hydroxylation is 2. The molecule has 0 unspecified atom stereocenters. The number of benzene rings is 1. The molecule has 3 rings (SSSR count). The summed E-state index contributed by atoms with van der Waals surface area (Å²) < 4.78 is 5.36. The number of hydrogen-bond donors (Lipinski definition) is 2. The van der Waals surface area contributed by atoms with Gasteiger partial charge in [0.1, 0.15) is 6.04 Å². The number of carboxylic acids is 1. The molecule has 114 valence electrons. The van der Waals surface area contributed by atoms with Crippen LogP contribution in [0.5, 0.6) is 0 Å². The molecule has 0 saturated heterocycles. The van der Waals surface area contributed by atoms with Gasteiger partial charge in [0.15, 0.2) is 11.5 Å². The number of carboxylic acid groups (broad SMARTS) is 1. The van der Waals surface area contributed by atoms with Crippen molar-refractivity contribution >= 4 is 11.9 Å². The van der Waals surface area contributed by atoms with Gasteiger partial charge >= 0.3 is 5.97 Å². The molecule has 2 aromatic rings. The van der Waals surface area contributed by atoms with Crippen molar-refractivity contribution in [1.82, 2.24) is 10.5 Å². The number of rotatable bonds is 3. The molecule has 0 aliphatic heterocycles. The van der Waals surface area contributed by atoms with E-state index < -0.39 is 17.9 Å². The van der Waals surface area contributed by atoms with E-state index in [1.54, 1.807) is 0 Å². The van der Waals surface area contributed by atoms with E-state index >= 15 is 0 Å². The Labute approximate surface area is 127 Å². The molecule has 1 atom stereocenters. The Bertz CT molecular complexity index is 764. The number of aromatic nitrogens is 1. The van der Waals surface area contributed by atoms with Crippen molar-refractivity contribution in [1.29, 1.82) is 0 Å². The van der Waals surface area contributed by atoms with E-state index in [4.69, 9.17) is 9.63 Å². The Hall–Kier alpha value is -2.63. The first-order valence-corrected chi connectivity index (χ1v) is 7.09. The second kappa shape index (κ2) is 5.29. The number of aliphatic carboxylic acids is 1. The Morgan fingerprint density at radius 1 is 1.36 bits per heavy atom. The van der Waals surface area contributed by atoms with E-state index in [0.29, 0.717) is 12.2 Å². The molecule has 0 saturated carbocycles. The van der Waals surface area contributed by atoms with Gasteiger partial charge in [0.25, 0.3) is 5.91 Å². The zero-order valence-corrected chi connectivity index (χ0v) is 12.3. The maximum atomic E-state index is 12.2. The third kappa shape index (κ3) is 2.36. The van der Waals surface area contributed by atoms with E-state index in [2.05, 4.69) is 16.5 Å². The molecule has 0 fully saturated rings. The highest BCUT2D eigenvalue weighted by molar-refractivity contribution is 5.97. The highest BCUT2D eigenvalue weighted by Gasteiger charge is 2.28. The van der Waals surface area contributed by atoms with Crippen molar-refractivity contribution in [2.45, 2.75) is 32.7 Å². The zero-order valence-electron chi connectivity index (χ0n) is 12.3. The average Bonchev–Trinajstić information content (AvgIpc) is 2.90. The fourth-order valence-electron chi connectivity index (χ4n) is 2.67. The van der Waals surface area contributed by atoms with Crippen LogP contribution in [0.3, 0.4) is 0 Å². The van der Waals surface area contributed by atoms with Gasteiger partial charge < -0.3 is 14.9 Å². The molecule has 1 aromatic carbocycles. The van der Waals surface area contributed by atoms with Crippen molar-refractivity contribution < 1.29 is 19.2 Å². The van der Waals surface area contributed by atoms with E-state index in [1.165, 1.54) is 18.1 Å². The third-order valence-electron chi connectivity index (χ3n) is 3.87. The van der Waals surface area contributed by atoms with Crippen LogP contribution in [-0.4, -0.2) is 28.2 Å². The molecule has 1 aliphatic carbocycles. The number of hydrogen-bond acceptors (Lipinski definition) is 4. The largest absolute Gasteiger partial charge is 0.480 e. The van der Waals surface area contributed by atoms with Crippen LogP contribution in [0.25, 0.3) is 11.3 Å². The predicted molar refractivity (Wildman–Crippen MR) is 78.6 cm³/mol. The summed E-state index contributed by atoms with van der Waals surface area (Å²) in [6.45, 7) is 3.44. The molecule has 0 radical (unpaired) electrons. The first-order chi connectivity index (χ1) is 10.5. The number of nitrogens with zero attached hydrogens (tertiary/aromatic N) is 1. The second-order valence-corrected chi connectivity index (χ2v) is 5.53. The smallest absolute Gasteiger partial charge is 0.325 e. The van der Waals surface area contributed by atoms with Gasteiger partial charge in [-0.2, -0.15) is 0 Å². The lowest BCUT2D eigenvalue weighted by molar-refractivity contribution is -0.138. The number of fused-ring (bicyclic) bond motifs is 3. The average molecular weight is 300 g/mol. The molecule has 6 nitrogen and oxygen atoms in total. The van der Waals surface area contributed by atoms with Gasteiger partial charge in [-0.25, -0.2) is 0 Å². The summed E-state index contributed by atoms with van der Waals surface area (Å²) in [7, 11) is 0. The van der Waals surface area contributed by atoms with Gasteiger partial charge in [-0.15, -0.1) is 0 Å². The van der Waals surface area contributed by atoms with Gasteiger partial charge in [0, 0.05) is 11.1 Å². The standard InChI is InChI=1S/C16H16N2O4/c1-8-3-5-11-10(7-8)4-6-12-13(18-22-14(11)12)15(19)17-9(2)16(20)21/h3,5,7,9H,4,6H2,1-2H3,(H,17,19)(H,20,21)/t9-/m0/s1. The number of nitrogens with one attached hydrogen (secondary N) is 1. The molecular formula is C16H16N2O4. The summed E-state index contributed by atoms with van der Waals surface area (Å²) in [5, 5.41) is 15.1. The lowest BCUT2D eigenvalue weighted by Crippen LogP contribution is -2.38. The molecule has 6 heteroatoms. The van der Waals surface area contributed by atoms with Crippen LogP contribution in [-0.2, 0) is 17.6 Å². The van der Waals surface area contributed by atoms with Crippen LogP contribution in [0, 0.1) is 6.92 Å². The molecule has 1 heterocycles. The quantitative estimate of drug-likeness (QED) is 0.904. The van der Waals surface area contributed by atoms with Crippen molar-refractivity contribution in [2.24, 2.45) is 0 Å². The van der Waals surface area contributed by atoms with E-state index in [1.807, 2.05) is 19.1 Å². The molecule has 2 N–H and O–H groups in total. The van der Waals surface area contributed by atoms with Gasteiger partial charge in [-0.3, -0.25) is 9.59 Å². The van der Waals surface area contributed by atoms with Crippen LogP contribution in [0.4, 0.5) is 0 Å². The normalized spacial score (nSPS) is 13.9. The fraction of sp³-hybridized carbons (Fsp3) is 0.312. The molecule has 1 amide bonds. The highest BCUT2D eigenvalue weighted by Crippen LogP contribution is 2.35. The van der Waals surface area contributed by atoms with Gasteiger partial charge in [0.2, 0.25) is 0 Å².